The maximum Gasteiger partial charge on any atom is 0.264 e. The fourth-order valence-electron chi connectivity index (χ4n) is 4.32. The molecular formula is C31H32N2O3S. The lowest BCUT2D eigenvalue weighted by atomic mass is 9.98. The minimum atomic E-state index is -4.00. The Morgan fingerprint density at radius 2 is 1.27 bits per heavy atom. The maximum atomic E-state index is 13.8. The largest absolute Gasteiger partial charge is 0.344 e. The Kier molecular flexibility index (Phi) is 7.79. The molecule has 0 aliphatic carbocycles. The summed E-state index contributed by atoms with van der Waals surface area (Å²) in [6.07, 6.45) is 0. The van der Waals surface area contributed by atoms with E-state index in [-0.39, 0.29) is 11.4 Å². The molecule has 6 heteroatoms. The van der Waals surface area contributed by atoms with Gasteiger partial charge in [0.05, 0.1) is 16.6 Å². The third-order valence-electron chi connectivity index (χ3n) is 6.37. The minimum Gasteiger partial charge on any atom is -0.344 e. The number of nitrogens with zero attached hydrogens (tertiary/aromatic N) is 1. The van der Waals surface area contributed by atoms with Crippen LogP contribution in [0, 0.1) is 27.7 Å². The van der Waals surface area contributed by atoms with Gasteiger partial charge in [-0.25, -0.2) is 8.42 Å². The number of sulfonamides is 1. The molecule has 4 aromatic carbocycles. The first kappa shape index (κ1) is 26.2. The van der Waals surface area contributed by atoms with Crippen LogP contribution in [0.15, 0.2) is 102 Å². The second kappa shape index (κ2) is 11.0. The first-order valence-electron chi connectivity index (χ1n) is 12.2. The molecule has 0 saturated carbocycles. The van der Waals surface area contributed by atoms with Crippen molar-refractivity contribution in [1.29, 1.82) is 0 Å². The van der Waals surface area contributed by atoms with Crippen molar-refractivity contribution >= 4 is 21.6 Å². The van der Waals surface area contributed by atoms with Crippen molar-refractivity contribution in [2.45, 2.75) is 38.6 Å². The van der Waals surface area contributed by atoms with Crippen LogP contribution in [0.5, 0.6) is 0 Å². The molecule has 0 aliphatic rings. The van der Waals surface area contributed by atoms with Crippen LogP contribution in [0.3, 0.4) is 0 Å². The van der Waals surface area contributed by atoms with Crippen LogP contribution in [0.1, 0.15) is 39.4 Å². The van der Waals surface area contributed by atoms with Crippen LogP contribution in [-0.2, 0) is 14.8 Å². The molecule has 0 aromatic heterocycles. The third kappa shape index (κ3) is 6.09. The Morgan fingerprint density at radius 1 is 0.730 bits per heavy atom. The summed E-state index contributed by atoms with van der Waals surface area (Å²) in [6.45, 7) is 7.37. The Balaban J connectivity index is 1.71. The Bertz CT molecular complexity index is 1480. The first-order valence-corrected chi connectivity index (χ1v) is 13.7. The molecule has 1 N–H and O–H groups in total. The smallest absolute Gasteiger partial charge is 0.264 e. The van der Waals surface area contributed by atoms with E-state index in [0.717, 1.165) is 33.4 Å². The van der Waals surface area contributed by atoms with Gasteiger partial charge in [-0.2, -0.15) is 0 Å². The average Bonchev–Trinajstić information content (AvgIpc) is 2.88. The molecule has 4 aromatic rings. The van der Waals surface area contributed by atoms with Crippen LogP contribution in [-0.4, -0.2) is 20.9 Å². The second-order valence-corrected chi connectivity index (χ2v) is 11.3. The summed E-state index contributed by atoms with van der Waals surface area (Å²) in [6, 6.07) is 29.5. The number of amides is 1. The zero-order valence-electron chi connectivity index (χ0n) is 21.6. The van der Waals surface area contributed by atoms with Gasteiger partial charge in [-0.05, 0) is 62.6 Å². The van der Waals surface area contributed by atoms with E-state index < -0.39 is 22.0 Å². The van der Waals surface area contributed by atoms with Gasteiger partial charge in [-0.15, -0.1) is 0 Å². The number of benzene rings is 4. The van der Waals surface area contributed by atoms with Crippen molar-refractivity contribution in [3.8, 4) is 0 Å². The van der Waals surface area contributed by atoms with Gasteiger partial charge in [0.15, 0.2) is 0 Å². The number of hydrogen-bond donors (Lipinski definition) is 1. The number of hydrogen-bond acceptors (Lipinski definition) is 3. The molecule has 0 heterocycles. The number of carbonyl (C=O) groups excluding carboxylic acids is 1. The summed E-state index contributed by atoms with van der Waals surface area (Å²) in [5, 5.41) is 3.09. The van der Waals surface area contributed by atoms with Crippen molar-refractivity contribution in [3.63, 3.8) is 0 Å². The highest BCUT2D eigenvalue weighted by Gasteiger charge is 2.29. The van der Waals surface area contributed by atoms with E-state index in [1.165, 1.54) is 4.31 Å². The molecule has 0 radical (unpaired) electrons. The summed E-state index contributed by atoms with van der Waals surface area (Å²) in [5.74, 6) is -0.398. The van der Waals surface area contributed by atoms with Gasteiger partial charge in [0.25, 0.3) is 10.0 Å². The summed E-state index contributed by atoms with van der Waals surface area (Å²) in [4.78, 5) is 13.7. The van der Waals surface area contributed by atoms with Crippen molar-refractivity contribution in [2.24, 2.45) is 0 Å². The number of carbonyl (C=O) groups is 1. The molecule has 0 saturated heterocycles. The van der Waals surface area contributed by atoms with E-state index >= 15 is 0 Å². The Labute approximate surface area is 219 Å². The molecule has 0 aliphatic heterocycles. The highest BCUT2D eigenvalue weighted by atomic mass is 32.2. The molecule has 1 unspecified atom stereocenters. The van der Waals surface area contributed by atoms with Crippen molar-refractivity contribution in [3.05, 3.63) is 130 Å². The SMILES string of the molecule is Cc1ccc(C(NC(=O)CN(c2ccc(C)cc2C)S(=O)(=O)c2ccc(C)cc2)c2ccccc2)cc1. The number of aryl methyl sites for hydroxylation is 4. The molecule has 190 valence electrons. The fourth-order valence-corrected chi connectivity index (χ4v) is 5.81. The quantitative estimate of drug-likeness (QED) is 0.314. The van der Waals surface area contributed by atoms with E-state index in [0.29, 0.717) is 5.69 Å². The molecule has 4 rings (SSSR count). The Hall–Kier alpha value is -3.90. The number of anilines is 1. The van der Waals surface area contributed by atoms with Crippen molar-refractivity contribution in [1.82, 2.24) is 5.32 Å². The van der Waals surface area contributed by atoms with Crippen molar-refractivity contribution < 1.29 is 13.2 Å². The molecular weight excluding hydrogens is 480 g/mol. The third-order valence-corrected chi connectivity index (χ3v) is 8.14. The van der Waals surface area contributed by atoms with Crippen LogP contribution in [0.4, 0.5) is 5.69 Å². The lowest BCUT2D eigenvalue weighted by Gasteiger charge is -2.27. The van der Waals surface area contributed by atoms with Crippen LogP contribution in [0.25, 0.3) is 0 Å². The Morgan fingerprint density at radius 3 is 1.86 bits per heavy atom. The summed E-state index contributed by atoms with van der Waals surface area (Å²) < 4.78 is 28.9. The van der Waals surface area contributed by atoms with Gasteiger partial charge in [-0.1, -0.05) is 95.6 Å². The van der Waals surface area contributed by atoms with E-state index in [9.17, 15) is 13.2 Å². The topological polar surface area (TPSA) is 66.5 Å². The summed E-state index contributed by atoms with van der Waals surface area (Å²) >= 11 is 0. The maximum absolute atomic E-state index is 13.8. The predicted molar refractivity (Wildman–Crippen MR) is 149 cm³/mol. The lowest BCUT2D eigenvalue weighted by Crippen LogP contribution is -2.42. The second-order valence-electron chi connectivity index (χ2n) is 9.44. The van der Waals surface area contributed by atoms with Crippen molar-refractivity contribution in [2.75, 3.05) is 10.8 Å². The van der Waals surface area contributed by atoms with Gasteiger partial charge in [0.2, 0.25) is 5.91 Å². The van der Waals surface area contributed by atoms with E-state index in [2.05, 4.69) is 5.32 Å². The average molecular weight is 513 g/mol. The van der Waals surface area contributed by atoms with Gasteiger partial charge in [0.1, 0.15) is 6.54 Å². The molecule has 37 heavy (non-hydrogen) atoms. The standard InChI is InChI=1S/C31H32N2O3S/c1-22-10-15-27(16-11-22)31(26-8-6-5-7-9-26)32-30(34)21-33(29-19-14-24(3)20-25(29)4)37(35,36)28-17-12-23(2)13-18-28/h5-20,31H,21H2,1-4H3,(H,32,34). The molecule has 1 atom stereocenters. The van der Waals surface area contributed by atoms with E-state index in [1.54, 1.807) is 30.3 Å². The van der Waals surface area contributed by atoms with Crippen LogP contribution >= 0.6 is 0 Å². The van der Waals surface area contributed by atoms with Gasteiger partial charge >= 0.3 is 0 Å². The molecule has 0 bridgehead atoms. The van der Waals surface area contributed by atoms with Gasteiger partial charge < -0.3 is 5.32 Å². The first-order chi connectivity index (χ1) is 17.6. The summed E-state index contributed by atoms with van der Waals surface area (Å²) in [5.41, 5.74) is 6.19. The molecule has 0 fully saturated rings. The highest BCUT2D eigenvalue weighted by Crippen LogP contribution is 2.28. The minimum absolute atomic E-state index is 0.143. The van der Waals surface area contributed by atoms with Crippen LogP contribution < -0.4 is 9.62 Å². The fraction of sp³-hybridized carbons (Fsp3) is 0.194. The number of nitrogens with one attached hydrogen (secondary N) is 1. The van der Waals surface area contributed by atoms with Gasteiger partial charge in [-0.3, -0.25) is 9.10 Å². The zero-order valence-corrected chi connectivity index (χ0v) is 22.4. The molecule has 5 nitrogen and oxygen atoms in total. The van der Waals surface area contributed by atoms with Crippen LogP contribution in [0.2, 0.25) is 0 Å². The van der Waals surface area contributed by atoms with E-state index in [1.807, 2.05) is 94.4 Å². The molecule has 1 amide bonds. The predicted octanol–water partition coefficient (Wildman–Crippen LogP) is 6.02. The normalized spacial score (nSPS) is 12.1. The number of rotatable bonds is 8. The summed E-state index contributed by atoms with van der Waals surface area (Å²) in [7, 11) is -4.00. The van der Waals surface area contributed by atoms with E-state index in [4.69, 9.17) is 0 Å². The molecule has 0 spiro atoms. The monoisotopic (exact) mass is 512 g/mol. The lowest BCUT2D eigenvalue weighted by molar-refractivity contribution is -0.120. The highest BCUT2D eigenvalue weighted by molar-refractivity contribution is 7.92. The zero-order chi connectivity index (χ0) is 26.6. The van der Waals surface area contributed by atoms with Gasteiger partial charge in [0, 0.05) is 0 Å².